The van der Waals surface area contributed by atoms with Gasteiger partial charge in [0.15, 0.2) is 0 Å². The van der Waals surface area contributed by atoms with Gasteiger partial charge in [-0.15, -0.1) is 0 Å². The number of hydrogen-bond donors (Lipinski definition) is 1. The van der Waals surface area contributed by atoms with Gasteiger partial charge in [0.2, 0.25) is 0 Å². The molecular formula is C15H24N2O3. The highest BCUT2D eigenvalue weighted by Crippen LogP contribution is 2.16. The number of aryl methyl sites for hydroxylation is 1. The first kappa shape index (κ1) is 16.6. The number of carbonyl (C=O) groups excluding carboxylic acids is 1. The number of amides is 1. The molecule has 0 fully saturated rings. The van der Waals surface area contributed by atoms with Crippen LogP contribution in [0.2, 0.25) is 0 Å². The summed E-state index contributed by atoms with van der Waals surface area (Å²) in [5.41, 5.74) is 7.55. The first-order valence-corrected chi connectivity index (χ1v) is 6.83. The van der Waals surface area contributed by atoms with Crippen molar-refractivity contribution in [2.24, 2.45) is 5.73 Å². The van der Waals surface area contributed by atoms with Crippen molar-refractivity contribution < 1.29 is 14.3 Å². The molecule has 112 valence electrons. The first-order chi connectivity index (χ1) is 9.69. The summed E-state index contributed by atoms with van der Waals surface area (Å²) in [7, 11) is 1.60. The number of nitrogens with zero attached hydrogens (tertiary/aromatic N) is 1. The molecule has 5 nitrogen and oxygen atoms in total. The highest BCUT2D eigenvalue weighted by atomic mass is 16.5. The Bertz CT molecular complexity index is 410. The number of anilines is 1. The average Bonchev–Trinajstić information content (AvgIpc) is 2.44. The maximum Gasteiger partial charge on any atom is 0.252 e. The van der Waals surface area contributed by atoms with Gasteiger partial charge < -0.3 is 20.1 Å². The van der Waals surface area contributed by atoms with Crippen molar-refractivity contribution in [2.45, 2.75) is 13.3 Å². The summed E-state index contributed by atoms with van der Waals surface area (Å²) in [4.78, 5) is 14.0. The van der Waals surface area contributed by atoms with Crippen molar-refractivity contribution in [3.05, 3.63) is 29.8 Å². The normalized spacial score (nSPS) is 10.6. The van der Waals surface area contributed by atoms with Crippen LogP contribution in [0.15, 0.2) is 24.3 Å². The molecule has 1 amide bonds. The fraction of sp³-hybridized carbons (Fsp3) is 0.533. The van der Waals surface area contributed by atoms with Crippen LogP contribution in [-0.4, -0.2) is 45.9 Å². The Balaban J connectivity index is 2.65. The molecule has 0 saturated carbocycles. The van der Waals surface area contributed by atoms with Crippen LogP contribution in [0.5, 0.6) is 0 Å². The fourth-order valence-electron chi connectivity index (χ4n) is 1.82. The molecule has 20 heavy (non-hydrogen) atoms. The van der Waals surface area contributed by atoms with Crippen molar-refractivity contribution in [3.63, 3.8) is 0 Å². The van der Waals surface area contributed by atoms with E-state index in [9.17, 15) is 4.79 Å². The van der Waals surface area contributed by atoms with E-state index in [-0.39, 0.29) is 12.5 Å². The van der Waals surface area contributed by atoms with E-state index in [1.54, 1.807) is 12.0 Å². The number of ether oxygens (including phenoxy) is 2. The average molecular weight is 280 g/mol. The predicted octanol–water partition coefficient (Wildman–Crippen LogP) is 1.34. The van der Waals surface area contributed by atoms with E-state index < -0.39 is 0 Å². The lowest BCUT2D eigenvalue weighted by Gasteiger charge is -2.23. The summed E-state index contributed by atoms with van der Waals surface area (Å²) in [6, 6.07) is 7.86. The highest BCUT2D eigenvalue weighted by Gasteiger charge is 2.15. The quantitative estimate of drug-likeness (QED) is 0.693. The lowest BCUT2D eigenvalue weighted by Crippen LogP contribution is -2.36. The van der Waals surface area contributed by atoms with Crippen LogP contribution in [0.1, 0.15) is 12.0 Å². The Morgan fingerprint density at radius 2 is 2.15 bits per heavy atom. The van der Waals surface area contributed by atoms with Gasteiger partial charge >= 0.3 is 0 Å². The molecule has 0 spiro atoms. The number of hydrogen-bond acceptors (Lipinski definition) is 4. The topological polar surface area (TPSA) is 64.8 Å². The minimum absolute atomic E-state index is 0.0554. The molecule has 0 aliphatic heterocycles. The van der Waals surface area contributed by atoms with Gasteiger partial charge in [-0.2, -0.15) is 0 Å². The molecule has 0 radical (unpaired) electrons. The van der Waals surface area contributed by atoms with Gasteiger partial charge in [0.05, 0.1) is 13.2 Å². The predicted molar refractivity (Wildman–Crippen MR) is 79.9 cm³/mol. The van der Waals surface area contributed by atoms with Gasteiger partial charge in [0.25, 0.3) is 5.91 Å². The third kappa shape index (κ3) is 5.69. The first-order valence-electron chi connectivity index (χ1n) is 6.83. The molecule has 0 atom stereocenters. The van der Waals surface area contributed by atoms with Crippen LogP contribution in [0.4, 0.5) is 5.69 Å². The van der Waals surface area contributed by atoms with E-state index in [4.69, 9.17) is 15.2 Å². The minimum Gasteiger partial charge on any atom is -0.382 e. The van der Waals surface area contributed by atoms with Gasteiger partial charge in [-0.3, -0.25) is 4.79 Å². The summed E-state index contributed by atoms with van der Waals surface area (Å²) >= 11 is 0. The van der Waals surface area contributed by atoms with Crippen LogP contribution in [0, 0.1) is 6.92 Å². The van der Waals surface area contributed by atoms with Gasteiger partial charge in [-0.1, -0.05) is 12.1 Å². The molecule has 1 aromatic carbocycles. The zero-order valence-electron chi connectivity index (χ0n) is 12.3. The third-order valence-corrected chi connectivity index (χ3v) is 2.86. The Morgan fingerprint density at radius 1 is 1.35 bits per heavy atom. The maximum absolute atomic E-state index is 12.2. The van der Waals surface area contributed by atoms with Crippen molar-refractivity contribution in [1.82, 2.24) is 0 Å². The van der Waals surface area contributed by atoms with E-state index in [1.807, 2.05) is 31.2 Å². The lowest BCUT2D eigenvalue weighted by atomic mass is 10.2. The number of benzene rings is 1. The van der Waals surface area contributed by atoms with Gasteiger partial charge in [-0.25, -0.2) is 0 Å². The molecule has 5 heteroatoms. The number of nitrogens with two attached hydrogens (primary N) is 1. The Kier molecular flexibility index (Phi) is 7.87. The van der Waals surface area contributed by atoms with E-state index in [0.29, 0.717) is 26.3 Å². The summed E-state index contributed by atoms with van der Waals surface area (Å²) in [5, 5.41) is 0. The minimum atomic E-state index is -0.0554. The van der Waals surface area contributed by atoms with Crippen LogP contribution in [-0.2, 0) is 14.3 Å². The second-order valence-electron chi connectivity index (χ2n) is 4.57. The molecule has 1 rings (SSSR count). The molecule has 0 aliphatic rings. The van der Waals surface area contributed by atoms with E-state index >= 15 is 0 Å². The second kappa shape index (κ2) is 9.47. The largest absolute Gasteiger partial charge is 0.382 e. The zero-order valence-corrected chi connectivity index (χ0v) is 12.3. The zero-order chi connectivity index (χ0) is 14.8. The van der Waals surface area contributed by atoms with Gasteiger partial charge in [-0.05, 0) is 37.6 Å². The van der Waals surface area contributed by atoms with E-state index in [1.165, 1.54) is 0 Å². The lowest BCUT2D eigenvalue weighted by molar-refractivity contribution is -0.123. The van der Waals surface area contributed by atoms with Crippen LogP contribution in [0.3, 0.4) is 0 Å². The molecule has 0 aromatic heterocycles. The molecule has 0 heterocycles. The van der Waals surface area contributed by atoms with Crippen molar-refractivity contribution in [2.75, 3.05) is 44.9 Å². The van der Waals surface area contributed by atoms with Gasteiger partial charge in [0.1, 0.15) is 6.61 Å². The molecule has 0 saturated heterocycles. The second-order valence-corrected chi connectivity index (χ2v) is 4.57. The maximum atomic E-state index is 12.2. The standard InChI is InChI=1S/C15H24N2O3/c1-13-5-3-6-14(11-13)17(8-4-7-16)15(18)12-20-10-9-19-2/h3,5-6,11H,4,7-10,12,16H2,1-2H3. The fourth-order valence-corrected chi connectivity index (χ4v) is 1.82. The molecule has 0 bridgehead atoms. The highest BCUT2D eigenvalue weighted by molar-refractivity contribution is 5.94. The SMILES string of the molecule is COCCOCC(=O)N(CCCN)c1cccc(C)c1. The number of rotatable bonds is 9. The molecule has 0 aliphatic carbocycles. The Labute approximate surface area is 120 Å². The van der Waals surface area contributed by atoms with Crippen molar-refractivity contribution in [1.29, 1.82) is 0 Å². The Hall–Kier alpha value is -1.43. The van der Waals surface area contributed by atoms with Crippen LogP contribution >= 0.6 is 0 Å². The Morgan fingerprint density at radius 3 is 2.80 bits per heavy atom. The number of methoxy groups -OCH3 is 1. The monoisotopic (exact) mass is 280 g/mol. The van der Waals surface area contributed by atoms with Crippen LogP contribution < -0.4 is 10.6 Å². The molecule has 2 N–H and O–H groups in total. The van der Waals surface area contributed by atoms with Crippen LogP contribution in [0.25, 0.3) is 0 Å². The summed E-state index contributed by atoms with van der Waals surface area (Å²) in [6.07, 6.45) is 0.762. The molecular weight excluding hydrogens is 256 g/mol. The van der Waals surface area contributed by atoms with Crippen molar-refractivity contribution in [3.8, 4) is 0 Å². The van der Waals surface area contributed by atoms with E-state index in [0.717, 1.165) is 17.7 Å². The molecule has 0 unspecified atom stereocenters. The summed E-state index contributed by atoms with van der Waals surface area (Å²) in [6.45, 7) is 4.12. The van der Waals surface area contributed by atoms with Crippen molar-refractivity contribution >= 4 is 11.6 Å². The number of carbonyl (C=O) groups is 1. The third-order valence-electron chi connectivity index (χ3n) is 2.86. The van der Waals surface area contributed by atoms with Gasteiger partial charge in [0, 0.05) is 19.3 Å². The summed E-state index contributed by atoms with van der Waals surface area (Å²) < 4.78 is 10.2. The van der Waals surface area contributed by atoms with E-state index in [2.05, 4.69) is 0 Å². The smallest absolute Gasteiger partial charge is 0.252 e. The molecule has 1 aromatic rings. The summed E-state index contributed by atoms with van der Waals surface area (Å²) in [5.74, 6) is -0.0554.